The third-order valence-corrected chi connectivity index (χ3v) is 2.96. The van der Waals surface area contributed by atoms with Gasteiger partial charge in [-0.15, -0.1) is 0 Å². The average molecular weight is 255 g/mol. The maximum atomic E-state index is 11.7. The minimum Gasteiger partial charge on any atom is -0.478 e. The predicted octanol–water partition coefficient (Wildman–Crippen LogP) is 1.10. The van der Waals surface area contributed by atoms with Crippen LogP contribution in [-0.2, 0) is 4.79 Å². The summed E-state index contributed by atoms with van der Waals surface area (Å²) >= 11 is 5.97. The van der Waals surface area contributed by atoms with Crippen LogP contribution in [0, 0.1) is 0 Å². The van der Waals surface area contributed by atoms with Crippen LogP contribution in [0.2, 0.25) is 5.02 Å². The zero-order valence-corrected chi connectivity index (χ0v) is 9.65. The smallest absolute Gasteiger partial charge is 0.335 e. The third kappa shape index (κ3) is 2.25. The molecule has 1 aromatic rings. The van der Waals surface area contributed by atoms with Crippen LogP contribution in [-0.4, -0.2) is 29.6 Å². The Morgan fingerprint density at radius 1 is 1.53 bits per heavy atom. The molecule has 17 heavy (non-hydrogen) atoms. The van der Waals surface area contributed by atoms with Crippen molar-refractivity contribution in [2.24, 2.45) is 5.73 Å². The van der Waals surface area contributed by atoms with Crippen LogP contribution in [0.5, 0.6) is 0 Å². The summed E-state index contributed by atoms with van der Waals surface area (Å²) in [6.07, 6.45) is 0.258. The highest BCUT2D eigenvalue weighted by molar-refractivity contribution is 6.34. The maximum absolute atomic E-state index is 11.7. The zero-order chi connectivity index (χ0) is 12.6. The number of nitrogens with two attached hydrogens (primary N) is 1. The molecule has 0 aromatic heterocycles. The number of aromatic carboxylic acids is 1. The number of carbonyl (C=O) groups excluding carboxylic acids is 1. The Kier molecular flexibility index (Phi) is 3.04. The number of carbonyl (C=O) groups is 2. The molecule has 6 heteroatoms. The van der Waals surface area contributed by atoms with Crippen LogP contribution < -0.4 is 10.6 Å². The number of hydrogen-bond donors (Lipinski definition) is 2. The Morgan fingerprint density at radius 2 is 2.24 bits per heavy atom. The van der Waals surface area contributed by atoms with Crippen molar-refractivity contribution in [1.29, 1.82) is 0 Å². The highest BCUT2D eigenvalue weighted by Gasteiger charge is 2.29. The van der Waals surface area contributed by atoms with E-state index in [0.717, 1.165) is 0 Å². The van der Waals surface area contributed by atoms with E-state index in [4.69, 9.17) is 22.4 Å². The fraction of sp³-hybridized carbons (Fsp3) is 0.273. The van der Waals surface area contributed by atoms with Crippen LogP contribution >= 0.6 is 11.6 Å². The van der Waals surface area contributed by atoms with Gasteiger partial charge in [0.15, 0.2) is 0 Å². The van der Waals surface area contributed by atoms with Crippen molar-refractivity contribution in [3.05, 3.63) is 28.8 Å². The van der Waals surface area contributed by atoms with Gasteiger partial charge in [-0.2, -0.15) is 0 Å². The summed E-state index contributed by atoms with van der Waals surface area (Å²) in [6.45, 7) is 0.363. The molecule has 5 nitrogen and oxygen atoms in total. The van der Waals surface area contributed by atoms with Gasteiger partial charge in [0.05, 0.1) is 16.3 Å². The highest BCUT2D eigenvalue weighted by atomic mass is 35.5. The molecule has 1 fully saturated rings. The molecule has 0 bridgehead atoms. The second-order valence-corrected chi connectivity index (χ2v) is 4.35. The van der Waals surface area contributed by atoms with Crippen molar-refractivity contribution in [3.63, 3.8) is 0 Å². The van der Waals surface area contributed by atoms with Gasteiger partial charge in [-0.25, -0.2) is 4.79 Å². The van der Waals surface area contributed by atoms with Crippen molar-refractivity contribution in [2.75, 3.05) is 11.4 Å². The lowest BCUT2D eigenvalue weighted by molar-refractivity contribution is -0.117. The monoisotopic (exact) mass is 254 g/mol. The van der Waals surface area contributed by atoms with Gasteiger partial charge in [0.1, 0.15) is 0 Å². The zero-order valence-electron chi connectivity index (χ0n) is 8.89. The highest BCUT2D eigenvalue weighted by Crippen LogP contribution is 2.30. The molecular formula is C11H11ClN2O3. The first kappa shape index (κ1) is 11.9. The predicted molar refractivity (Wildman–Crippen MR) is 63.4 cm³/mol. The number of carboxylic acid groups (broad SMARTS) is 1. The molecule has 1 atom stereocenters. The molecule has 1 amide bonds. The summed E-state index contributed by atoms with van der Waals surface area (Å²) < 4.78 is 0. The number of amides is 1. The van der Waals surface area contributed by atoms with E-state index >= 15 is 0 Å². The molecule has 1 aliphatic heterocycles. The summed E-state index contributed by atoms with van der Waals surface area (Å²) in [5.74, 6) is -1.19. The van der Waals surface area contributed by atoms with E-state index in [1.54, 1.807) is 0 Å². The Labute approximate surface area is 103 Å². The molecule has 1 heterocycles. The molecule has 1 saturated heterocycles. The SMILES string of the molecule is NC1CC(=O)N(c2cc(C(=O)O)ccc2Cl)C1. The molecule has 0 aliphatic carbocycles. The Hall–Kier alpha value is -1.59. The van der Waals surface area contributed by atoms with E-state index in [9.17, 15) is 9.59 Å². The van der Waals surface area contributed by atoms with Gasteiger partial charge in [-0.3, -0.25) is 4.79 Å². The summed E-state index contributed by atoms with van der Waals surface area (Å²) in [6, 6.07) is 4.03. The van der Waals surface area contributed by atoms with Gasteiger partial charge in [0, 0.05) is 19.0 Å². The second-order valence-electron chi connectivity index (χ2n) is 3.94. The molecule has 1 aliphatic rings. The van der Waals surface area contributed by atoms with Gasteiger partial charge in [-0.05, 0) is 18.2 Å². The van der Waals surface area contributed by atoms with Gasteiger partial charge >= 0.3 is 5.97 Å². The molecule has 0 spiro atoms. The van der Waals surface area contributed by atoms with E-state index in [1.165, 1.54) is 23.1 Å². The lowest BCUT2D eigenvalue weighted by atomic mass is 10.2. The normalized spacial score (nSPS) is 19.8. The number of carboxylic acids is 1. The van der Waals surface area contributed by atoms with Crippen LogP contribution in [0.25, 0.3) is 0 Å². The van der Waals surface area contributed by atoms with E-state index in [-0.39, 0.29) is 23.9 Å². The number of benzene rings is 1. The summed E-state index contributed by atoms with van der Waals surface area (Å²) in [5.41, 5.74) is 6.18. The minimum absolute atomic E-state index is 0.0951. The summed E-state index contributed by atoms with van der Waals surface area (Å²) in [4.78, 5) is 23.9. The number of hydrogen-bond acceptors (Lipinski definition) is 3. The van der Waals surface area contributed by atoms with Crippen LogP contribution in [0.1, 0.15) is 16.8 Å². The van der Waals surface area contributed by atoms with E-state index in [1.807, 2.05) is 0 Å². The van der Waals surface area contributed by atoms with Crippen molar-refractivity contribution >= 4 is 29.2 Å². The first-order chi connectivity index (χ1) is 7.99. The van der Waals surface area contributed by atoms with Crippen LogP contribution in [0.4, 0.5) is 5.69 Å². The lowest BCUT2D eigenvalue weighted by Gasteiger charge is -2.18. The topological polar surface area (TPSA) is 83.6 Å². The maximum Gasteiger partial charge on any atom is 0.335 e. The van der Waals surface area contributed by atoms with Crippen LogP contribution in [0.3, 0.4) is 0 Å². The first-order valence-corrected chi connectivity index (χ1v) is 5.45. The second kappa shape index (κ2) is 4.35. The average Bonchev–Trinajstić information content (AvgIpc) is 2.58. The van der Waals surface area contributed by atoms with Crippen LogP contribution in [0.15, 0.2) is 18.2 Å². The van der Waals surface area contributed by atoms with Gasteiger partial charge < -0.3 is 15.7 Å². The summed E-state index contributed by atoms with van der Waals surface area (Å²) in [7, 11) is 0. The van der Waals surface area contributed by atoms with E-state index in [2.05, 4.69) is 0 Å². The lowest BCUT2D eigenvalue weighted by Crippen LogP contribution is -2.28. The van der Waals surface area contributed by atoms with Crippen molar-refractivity contribution in [2.45, 2.75) is 12.5 Å². The number of nitrogens with zero attached hydrogens (tertiary/aromatic N) is 1. The molecule has 90 valence electrons. The molecule has 1 unspecified atom stereocenters. The number of halogens is 1. The van der Waals surface area contributed by atoms with Crippen molar-refractivity contribution in [3.8, 4) is 0 Å². The molecule has 2 rings (SSSR count). The largest absolute Gasteiger partial charge is 0.478 e. The number of rotatable bonds is 2. The van der Waals surface area contributed by atoms with E-state index in [0.29, 0.717) is 17.3 Å². The minimum atomic E-state index is -1.06. The Balaban J connectivity index is 2.41. The third-order valence-electron chi connectivity index (χ3n) is 2.64. The first-order valence-electron chi connectivity index (χ1n) is 5.08. The number of anilines is 1. The Bertz CT molecular complexity index is 490. The van der Waals surface area contributed by atoms with Crippen molar-refractivity contribution in [1.82, 2.24) is 0 Å². The Morgan fingerprint density at radius 3 is 2.76 bits per heavy atom. The molecular weight excluding hydrogens is 244 g/mol. The molecule has 1 aromatic carbocycles. The molecule has 3 N–H and O–H groups in total. The fourth-order valence-corrected chi connectivity index (χ4v) is 2.04. The molecule has 0 saturated carbocycles. The fourth-order valence-electron chi connectivity index (χ4n) is 1.82. The standard InChI is InChI=1S/C11H11ClN2O3/c12-8-2-1-6(11(16)17)3-9(8)14-5-7(13)4-10(14)15/h1-3,7H,4-5,13H2,(H,16,17). The van der Waals surface area contributed by atoms with E-state index < -0.39 is 5.97 Å². The van der Waals surface area contributed by atoms with Crippen molar-refractivity contribution < 1.29 is 14.7 Å². The molecule has 0 radical (unpaired) electrons. The van der Waals surface area contributed by atoms with Gasteiger partial charge in [-0.1, -0.05) is 11.6 Å². The van der Waals surface area contributed by atoms with Gasteiger partial charge in [0.2, 0.25) is 5.91 Å². The van der Waals surface area contributed by atoms with Gasteiger partial charge in [0.25, 0.3) is 0 Å². The summed E-state index contributed by atoms with van der Waals surface area (Å²) in [5, 5.41) is 9.23. The quantitative estimate of drug-likeness (QED) is 0.828.